The van der Waals surface area contributed by atoms with Crippen molar-refractivity contribution in [1.82, 2.24) is 0 Å². The topological polar surface area (TPSA) is 92.8 Å². The molecule has 0 unspecified atom stereocenters. The van der Waals surface area contributed by atoms with Gasteiger partial charge in [0, 0.05) is 3.57 Å². The Labute approximate surface area is 174 Å². The summed E-state index contributed by atoms with van der Waals surface area (Å²) in [5.74, 6) is 0.490. The smallest absolute Gasteiger partial charge is 0.320 e. The lowest BCUT2D eigenvalue weighted by Gasteiger charge is -2.12. The Kier molecular flexibility index (Phi) is 6.74. The van der Waals surface area contributed by atoms with Crippen LogP contribution in [0.3, 0.4) is 0 Å². The van der Waals surface area contributed by atoms with E-state index in [-0.39, 0.29) is 12.2 Å². The van der Waals surface area contributed by atoms with Crippen LogP contribution in [0, 0.1) is 10.7 Å². The van der Waals surface area contributed by atoms with Crippen molar-refractivity contribution >= 4 is 73.7 Å². The first-order valence-corrected chi connectivity index (χ1v) is 9.64. The molecule has 0 saturated carbocycles. The highest BCUT2D eigenvalue weighted by molar-refractivity contribution is 14.1. The van der Waals surface area contributed by atoms with Crippen LogP contribution in [0.25, 0.3) is 0 Å². The molecule has 0 radical (unpaired) electrons. The van der Waals surface area contributed by atoms with Crippen molar-refractivity contribution in [3.63, 3.8) is 0 Å². The molecule has 122 valence electrons. The molecule has 0 amide bonds. The molecule has 0 aliphatic carbocycles. The lowest BCUT2D eigenvalue weighted by atomic mass is 10.1. The zero-order chi connectivity index (χ0) is 17.1. The Bertz CT molecular complexity index is 752. The Morgan fingerprint density at radius 2 is 1.83 bits per heavy atom. The number of hydrogen-bond donors (Lipinski definition) is 3. The summed E-state index contributed by atoms with van der Waals surface area (Å²) in [5.41, 5.74) is 6.43. The molecule has 8 heteroatoms. The number of phenolic OH excluding ortho intramolecular Hbond substituents is 1. The predicted molar refractivity (Wildman–Crippen MR) is 112 cm³/mol. The molecule has 0 saturated heterocycles. The van der Waals surface area contributed by atoms with Gasteiger partial charge in [-0.25, -0.2) is 0 Å². The van der Waals surface area contributed by atoms with E-state index in [1.807, 2.05) is 34.7 Å². The molecule has 2 aromatic carbocycles. The molecule has 0 aromatic heterocycles. The third kappa shape index (κ3) is 5.06. The number of carboxylic acid groups (broad SMARTS) is 1. The lowest BCUT2D eigenvalue weighted by molar-refractivity contribution is -0.138. The molecule has 0 heterocycles. The monoisotopic (exact) mass is 651 g/mol. The van der Waals surface area contributed by atoms with E-state index in [2.05, 4.69) is 45.2 Å². The summed E-state index contributed by atoms with van der Waals surface area (Å²) < 4.78 is 8.25. The van der Waals surface area contributed by atoms with Gasteiger partial charge < -0.3 is 20.7 Å². The Morgan fingerprint density at radius 1 is 1.13 bits per heavy atom. The molecule has 2 rings (SSSR count). The van der Waals surface area contributed by atoms with Crippen LogP contribution >= 0.6 is 67.8 Å². The van der Waals surface area contributed by atoms with E-state index in [9.17, 15) is 9.90 Å². The van der Waals surface area contributed by atoms with E-state index in [0.29, 0.717) is 15.1 Å². The molecule has 0 aliphatic heterocycles. The first kappa shape index (κ1) is 19.0. The number of carboxylic acids is 1. The van der Waals surface area contributed by atoms with Crippen molar-refractivity contribution in [2.24, 2.45) is 5.73 Å². The summed E-state index contributed by atoms with van der Waals surface area (Å²) >= 11 is 6.27. The fourth-order valence-corrected chi connectivity index (χ4v) is 3.51. The van der Waals surface area contributed by atoms with Crippen molar-refractivity contribution in [2.45, 2.75) is 12.5 Å². The zero-order valence-corrected chi connectivity index (χ0v) is 18.1. The van der Waals surface area contributed by atoms with Gasteiger partial charge in [-0.2, -0.15) is 0 Å². The Morgan fingerprint density at radius 3 is 2.43 bits per heavy atom. The number of halogens is 3. The number of benzene rings is 2. The molecule has 5 nitrogen and oxygen atoms in total. The molecular formula is C15H12I3NO4. The SMILES string of the molecule is N[C@@H](Cc1ccc(Oc2cc(I)c(O)cc2I)cc1I)C(=O)O. The van der Waals surface area contributed by atoms with Gasteiger partial charge in [0.05, 0.1) is 7.14 Å². The fraction of sp³-hybridized carbons (Fsp3) is 0.133. The molecule has 2 aromatic rings. The van der Waals surface area contributed by atoms with Gasteiger partial charge in [-0.1, -0.05) is 6.07 Å². The zero-order valence-electron chi connectivity index (χ0n) is 11.6. The second kappa shape index (κ2) is 8.16. The van der Waals surface area contributed by atoms with E-state index >= 15 is 0 Å². The maximum Gasteiger partial charge on any atom is 0.320 e. The van der Waals surface area contributed by atoms with Crippen molar-refractivity contribution < 1.29 is 19.7 Å². The minimum absolute atomic E-state index is 0.218. The number of nitrogens with two attached hydrogens (primary N) is 1. The normalized spacial score (nSPS) is 12.0. The summed E-state index contributed by atoms with van der Waals surface area (Å²) in [6.45, 7) is 0. The van der Waals surface area contributed by atoms with Gasteiger partial charge in [-0.3, -0.25) is 4.79 Å². The van der Waals surface area contributed by atoms with Crippen molar-refractivity contribution in [1.29, 1.82) is 0 Å². The largest absolute Gasteiger partial charge is 0.507 e. The van der Waals surface area contributed by atoms with Crippen LogP contribution in [-0.4, -0.2) is 22.2 Å². The van der Waals surface area contributed by atoms with Gasteiger partial charge in [-0.05, 0) is 104 Å². The van der Waals surface area contributed by atoms with E-state index in [1.165, 1.54) is 0 Å². The minimum Gasteiger partial charge on any atom is -0.507 e. The highest BCUT2D eigenvalue weighted by Gasteiger charge is 2.15. The van der Waals surface area contributed by atoms with Gasteiger partial charge in [0.15, 0.2) is 0 Å². The molecular weight excluding hydrogens is 639 g/mol. The lowest BCUT2D eigenvalue weighted by Crippen LogP contribution is -2.32. The van der Waals surface area contributed by atoms with Crippen LogP contribution in [0.15, 0.2) is 30.3 Å². The first-order chi connectivity index (χ1) is 10.8. The molecule has 0 bridgehead atoms. The summed E-state index contributed by atoms with van der Waals surface area (Å²) in [4.78, 5) is 10.8. The van der Waals surface area contributed by atoms with Crippen LogP contribution < -0.4 is 10.5 Å². The third-order valence-electron chi connectivity index (χ3n) is 3.01. The molecule has 1 atom stereocenters. The highest BCUT2D eigenvalue weighted by atomic mass is 127. The highest BCUT2D eigenvalue weighted by Crippen LogP contribution is 2.34. The number of aromatic hydroxyl groups is 1. The van der Waals surface area contributed by atoms with Crippen LogP contribution in [0.4, 0.5) is 0 Å². The van der Waals surface area contributed by atoms with E-state index in [0.717, 1.165) is 12.7 Å². The van der Waals surface area contributed by atoms with Crippen molar-refractivity contribution in [2.75, 3.05) is 0 Å². The van der Waals surface area contributed by atoms with E-state index in [4.69, 9.17) is 15.6 Å². The second-order valence-electron chi connectivity index (χ2n) is 4.74. The van der Waals surface area contributed by atoms with Gasteiger partial charge in [0.2, 0.25) is 0 Å². The van der Waals surface area contributed by atoms with Crippen LogP contribution in [0.5, 0.6) is 17.2 Å². The minimum atomic E-state index is -1.02. The van der Waals surface area contributed by atoms with Crippen LogP contribution in [0.2, 0.25) is 0 Å². The van der Waals surface area contributed by atoms with Gasteiger partial charge in [0.25, 0.3) is 0 Å². The maximum absolute atomic E-state index is 10.8. The van der Waals surface area contributed by atoms with Crippen LogP contribution in [-0.2, 0) is 11.2 Å². The average Bonchev–Trinajstić information content (AvgIpc) is 2.47. The molecule has 0 aliphatic rings. The van der Waals surface area contributed by atoms with Gasteiger partial charge in [-0.15, -0.1) is 0 Å². The van der Waals surface area contributed by atoms with E-state index in [1.54, 1.807) is 18.2 Å². The first-order valence-electron chi connectivity index (χ1n) is 6.40. The van der Waals surface area contributed by atoms with Gasteiger partial charge in [0.1, 0.15) is 23.3 Å². The summed E-state index contributed by atoms with van der Waals surface area (Å²) in [6, 6.07) is 7.91. The van der Waals surface area contributed by atoms with Crippen LogP contribution in [0.1, 0.15) is 5.56 Å². The number of phenols is 1. The molecule has 23 heavy (non-hydrogen) atoms. The quantitative estimate of drug-likeness (QED) is 0.427. The molecule has 4 N–H and O–H groups in total. The maximum atomic E-state index is 10.8. The second-order valence-corrected chi connectivity index (χ2v) is 8.22. The molecule has 0 fully saturated rings. The van der Waals surface area contributed by atoms with Crippen molar-refractivity contribution in [3.05, 3.63) is 46.6 Å². The number of hydrogen-bond acceptors (Lipinski definition) is 4. The number of rotatable bonds is 5. The van der Waals surface area contributed by atoms with Gasteiger partial charge >= 0.3 is 5.97 Å². The fourth-order valence-electron chi connectivity index (χ4n) is 1.80. The summed E-state index contributed by atoms with van der Waals surface area (Å²) in [6.07, 6.45) is 0.266. The predicted octanol–water partition coefficient (Wildman–Crippen LogP) is 3.95. The average molecular weight is 651 g/mol. The Balaban J connectivity index is 2.21. The third-order valence-corrected chi connectivity index (χ3v) is 5.72. The molecule has 0 spiro atoms. The number of aliphatic carboxylic acids is 1. The summed E-state index contributed by atoms with van der Waals surface area (Å²) in [5, 5.41) is 18.6. The Hall–Kier alpha value is -0.340. The summed E-state index contributed by atoms with van der Waals surface area (Å²) in [7, 11) is 0. The van der Waals surface area contributed by atoms with Crippen molar-refractivity contribution in [3.8, 4) is 17.2 Å². The number of carbonyl (C=O) groups is 1. The van der Waals surface area contributed by atoms with E-state index < -0.39 is 12.0 Å². The number of ether oxygens (including phenoxy) is 1. The standard InChI is InChI=1S/C15H12I3NO4/c16-9-4-8(2-1-7(9)3-12(19)15(21)22)23-14-6-10(17)13(20)5-11(14)18/h1-2,4-6,12,20H,3,19H2,(H,21,22)/t12-/m0/s1.